The van der Waals surface area contributed by atoms with E-state index >= 15 is 0 Å². The van der Waals surface area contributed by atoms with E-state index in [9.17, 15) is 4.79 Å². The van der Waals surface area contributed by atoms with Crippen molar-refractivity contribution >= 4 is 21.9 Å². The molecule has 1 saturated carbocycles. The Kier molecular flexibility index (Phi) is 4.99. The molecule has 1 N–H and O–H groups in total. The van der Waals surface area contributed by atoms with Gasteiger partial charge in [0.1, 0.15) is 6.04 Å². The van der Waals surface area contributed by atoms with E-state index in [4.69, 9.17) is 4.74 Å². The first-order chi connectivity index (χ1) is 9.11. The minimum Gasteiger partial charge on any atom is -0.468 e. The molecule has 0 saturated heterocycles. The number of rotatable bonds is 4. The number of nitrogens with one attached hydrogen (secondary N) is 1. The summed E-state index contributed by atoms with van der Waals surface area (Å²) < 4.78 is 5.89. The van der Waals surface area contributed by atoms with Gasteiger partial charge in [0.15, 0.2) is 0 Å². The molecule has 3 nitrogen and oxygen atoms in total. The second kappa shape index (κ2) is 6.53. The van der Waals surface area contributed by atoms with Crippen molar-refractivity contribution in [3.05, 3.63) is 33.8 Å². The van der Waals surface area contributed by atoms with Crippen molar-refractivity contribution in [3.8, 4) is 0 Å². The van der Waals surface area contributed by atoms with Gasteiger partial charge in [0.05, 0.1) is 7.11 Å². The SMILES string of the molecule is COC(=O)C(NC1CCCC1)c1ccc(C)cc1Br. The van der Waals surface area contributed by atoms with Crippen LogP contribution in [0.4, 0.5) is 0 Å². The summed E-state index contributed by atoms with van der Waals surface area (Å²) in [6, 6.07) is 6.07. The number of carbonyl (C=O) groups excluding carboxylic acids is 1. The van der Waals surface area contributed by atoms with Gasteiger partial charge in [0, 0.05) is 10.5 Å². The minimum atomic E-state index is -0.386. The van der Waals surface area contributed by atoms with E-state index in [1.807, 2.05) is 25.1 Å². The maximum atomic E-state index is 12.0. The second-order valence-electron chi connectivity index (χ2n) is 5.13. The van der Waals surface area contributed by atoms with Crippen LogP contribution in [0.25, 0.3) is 0 Å². The zero-order valence-electron chi connectivity index (χ0n) is 11.4. The maximum Gasteiger partial charge on any atom is 0.327 e. The number of halogens is 1. The highest BCUT2D eigenvalue weighted by atomic mass is 79.9. The van der Waals surface area contributed by atoms with Crippen LogP contribution in [0.5, 0.6) is 0 Å². The number of aryl methyl sites for hydroxylation is 1. The molecule has 1 fully saturated rings. The Bertz CT molecular complexity index is 455. The minimum absolute atomic E-state index is 0.226. The third-order valence-electron chi connectivity index (χ3n) is 3.66. The number of benzene rings is 1. The van der Waals surface area contributed by atoms with E-state index in [0.717, 1.165) is 22.9 Å². The molecule has 1 aromatic rings. The summed E-state index contributed by atoms with van der Waals surface area (Å²) >= 11 is 3.55. The monoisotopic (exact) mass is 325 g/mol. The predicted molar refractivity (Wildman–Crippen MR) is 79.0 cm³/mol. The lowest BCUT2D eigenvalue weighted by molar-refractivity contribution is -0.143. The highest BCUT2D eigenvalue weighted by Gasteiger charge is 2.27. The molecule has 1 aliphatic carbocycles. The highest BCUT2D eigenvalue weighted by Crippen LogP contribution is 2.28. The van der Waals surface area contributed by atoms with Crippen LogP contribution >= 0.6 is 15.9 Å². The number of methoxy groups -OCH3 is 1. The summed E-state index contributed by atoms with van der Waals surface area (Å²) in [6.07, 6.45) is 4.75. The molecule has 2 rings (SSSR count). The largest absolute Gasteiger partial charge is 0.468 e. The van der Waals surface area contributed by atoms with Crippen molar-refractivity contribution in [2.24, 2.45) is 0 Å². The Labute approximate surface area is 122 Å². The van der Waals surface area contributed by atoms with Crippen LogP contribution in [-0.4, -0.2) is 19.1 Å². The zero-order chi connectivity index (χ0) is 13.8. The summed E-state index contributed by atoms with van der Waals surface area (Å²) in [5, 5.41) is 3.44. The summed E-state index contributed by atoms with van der Waals surface area (Å²) in [6.45, 7) is 2.03. The van der Waals surface area contributed by atoms with E-state index in [1.165, 1.54) is 25.5 Å². The standard InChI is InChI=1S/C15H20BrNO2/c1-10-7-8-12(13(16)9-10)14(15(18)19-2)17-11-5-3-4-6-11/h7-9,11,14,17H,3-6H2,1-2H3. The lowest BCUT2D eigenvalue weighted by atomic mass is 10.0. The Morgan fingerprint density at radius 2 is 2.11 bits per heavy atom. The Balaban J connectivity index is 2.23. The fourth-order valence-electron chi connectivity index (χ4n) is 2.60. The molecule has 0 radical (unpaired) electrons. The maximum absolute atomic E-state index is 12.0. The summed E-state index contributed by atoms with van der Waals surface area (Å²) in [5.41, 5.74) is 2.12. The third-order valence-corrected chi connectivity index (χ3v) is 4.35. The third kappa shape index (κ3) is 3.57. The molecule has 1 atom stereocenters. The molecule has 19 heavy (non-hydrogen) atoms. The molecule has 0 heterocycles. The smallest absolute Gasteiger partial charge is 0.327 e. The van der Waals surface area contributed by atoms with Crippen molar-refractivity contribution in [1.82, 2.24) is 5.32 Å². The van der Waals surface area contributed by atoms with Crippen molar-refractivity contribution in [1.29, 1.82) is 0 Å². The lowest BCUT2D eigenvalue weighted by Gasteiger charge is -2.22. The van der Waals surface area contributed by atoms with Gasteiger partial charge in [-0.05, 0) is 37.0 Å². The molecular formula is C15H20BrNO2. The first-order valence-corrected chi connectivity index (χ1v) is 7.51. The van der Waals surface area contributed by atoms with Crippen LogP contribution in [0.3, 0.4) is 0 Å². The Morgan fingerprint density at radius 3 is 2.68 bits per heavy atom. The molecular weight excluding hydrogens is 306 g/mol. The Hall–Kier alpha value is -0.870. The van der Waals surface area contributed by atoms with Crippen molar-refractivity contribution < 1.29 is 9.53 Å². The van der Waals surface area contributed by atoms with Crippen molar-refractivity contribution in [2.45, 2.75) is 44.7 Å². The predicted octanol–water partition coefficient (Wildman–Crippen LogP) is 3.50. The molecule has 0 aliphatic heterocycles. The fraction of sp³-hybridized carbons (Fsp3) is 0.533. The molecule has 1 aromatic carbocycles. The number of carbonyl (C=O) groups is 1. The first-order valence-electron chi connectivity index (χ1n) is 6.71. The van der Waals surface area contributed by atoms with E-state index in [2.05, 4.69) is 21.2 Å². The Morgan fingerprint density at radius 1 is 1.42 bits per heavy atom. The van der Waals surface area contributed by atoms with Gasteiger partial charge in [-0.3, -0.25) is 5.32 Å². The molecule has 0 bridgehead atoms. The average molecular weight is 326 g/mol. The van der Waals surface area contributed by atoms with Gasteiger partial charge in [-0.15, -0.1) is 0 Å². The zero-order valence-corrected chi connectivity index (χ0v) is 13.0. The molecule has 0 amide bonds. The van der Waals surface area contributed by atoms with Crippen LogP contribution in [0.15, 0.2) is 22.7 Å². The topological polar surface area (TPSA) is 38.3 Å². The van der Waals surface area contributed by atoms with Gasteiger partial charge in [-0.1, -0.05) is 40.9 Å². The number of hydrogen-bond donors (Lipinski definition) is 1. The summed E-state index contributed by atoms with van der Waals surface area (Å²) in [7, 11) is 1.44. The average Bonchev–Trinajstić information content (AvgIpc) is 2.89. The van der Waals surface area contributed by atoms with E-state index in [0.29, 0.717) is 6.04 Å². The second-order valence-corrected chi connectivity index (χ2v) is 5.98. The van der Waals surface area contributed by atoms with Crippen LogP contribution in [-0.2, 0) is 9.53 Å². The molecule has 1 aliphatic rings. The molecule has 0 aromatic heterocycles. The summed E-state index contributed by atoms with van der Waals surface area (Å²) in [5.74, 6) is -0.226. The quantitative estimate of drug-likeness (QED) is 0.861. The molecule has 4 heteroatoms. The summed E-state index contributed by atoms with van der Waals surface area (Å²) in [4.78, 5) is 12.0. The normalized spacial score (nSPS) is 17.4. The highest BCUT2D eigenvalue weighted by molar-refractivity contribution is 9.10. The van der Waals surface area contributed by atoms with Crippen LogP contribution in [0, 0.1) is 6.92 Å². The van der Waals surface area contributed by atoms with Gasteiger partial charge < -0.3 is 4.74 Å². The number of hydrogen-bond acceptors (Lipinski definition) is 3. The van der Waals surface area contributed by atoms with Crippen molar-refractivity contribution in [2.75, 3.05) is 7.11 Å². The van der Waals surface area contributed by atoms with E-state index in [1.54, 1.807) is 0 Å². The van der Waals surface area contributed by atoms with Gasteiger partial charge in [0.2, 0.25) is 0 Å². The van der Waals surface area contributed by atoms with Crippen LogP contribution < -0.4 is 5.32 Å². The van der Waals surface area contributed by atoms with E-state index in [-0.39, 0.29) is 12.0 Å². The van der Waals surface area contributed by atoms with E-state index < -0.39 is 0 Å². The van der Waals surface area contributed by atoms with Gasteiger partial charge in [0.25, 0.3) is 0 Å². The van der Waals surface area contributed by atoms with Crippen molar-refractivity contribution in [3.63, 3.8) is 0 Å². The van der Waals surface area contributed by atoms with Gasteiger partial charge in [-0.25, -0.2) is 4.79 Å². The van der Waals surface area contributed by atoms with Crippen LogP contribution in [0.1, 0.15) is 42.9 Å². The number of ether oxygens (including phenoxy) is 1. The first kappa shape index (κ1) is 14.5. The lowest BCUT2D eigenvalue weighted by Crippen LogP contribution is -2.36. The molecule has 0 spiro atoms. The van der Waals surface area contributed by atoms with Gasteiger partial charge in [-0.2, -0.15) is 0 Å². The molecule has 104 valence electrons. The van der Waals surface area contributed by atoms with Crippen LogP contribution in [0.2, 0.25) is 0 Å². The van der Waals surface area contributed by atoms with Gasteiger partial charge >= 0.3 is 5.97 Å². The fourth-order valence-corrected chi connectivity index (χ4v) is 3.32. The number of esters is 1. The molecule has 1 unspecified atom stereocenters.